The fourth-order valence-corrected chi connectivity index (χ4v) is 3.76. The van der Waals surface area contributed by atoms with Gasteiger partial charge in [-0.1, -0.05) is 38.1 Å². The number of thioether (sulfide) groups is 1. The fraction of sp³-hybridized carbons (Fsp3) is 0.625. The van der Waals surface area contributed by atoms with Gasteiger partial charge in [-0.3, -0.25) is 0 Å². The minimum atomic E-state index is 0.247. The third-order valence-corrected chi connectivity index (χ3v) is 5.02. The van der Waals surface area contributed by atoms with E-state index in [2.05, 4.69) is 49.9 Å². The van der Waals surface area contributed by atoms with Crippen molar-refractivity contribution in [2.75, 3.05) is 5.75 Å². The number of rotatable bonds is 4. The lowest BCUT2D eigenvalue weighted by molar-refractivity contribution is 0.395. The van der Waals surface area contributed by atoms with Crippen molar-refractivity contribution in [3.05, 3.63) is 35.4 Å². The molecular formula is C16H25NS. The Morgan fingerprint density at radius 2 is 2.11 bits per heavy atom. The van der Waals surface area contributed by atoms with E-state index in [9.17, 15) is 0 Å². The van der Waals surface area contributed by atoms with Gasteiger partial charge in [-0.05, 0) is 53.7 Å². The Morgan fingerprint density at radius 3 is 2.89 bits per heavy atom. The predicted octanol–water partition coefficient (Wildman–Crippen LogP) is 4.17. The van der Waals surface area contributed by atoms with E-state index in [4.69, 9.17) is 5.73 Å². The average Bonchev–Trinajstić information content (AvgIpc) is 2.50. The molecule has 0 aromatic heterocycles. The lowest BCUT2D eigenvalue weighted by Gasteiger charge is -2.23. The van der Waals surface area contributed by atoms with E-state index in [1.165, 1.54) is 42.6 Å². The highest BCUT2D eigenvalue weighted by atomic mass is 32.2. The minimum Gasteiger partial charge on any atom is -0.324 e. The first-order valence-electron chi connectivity index (χ1n) is 7.13. The number of hydrogen-bond donors (Lipinski definition) is 1. The molecule has 1 aliphatic rings. The van der Waals surface area contributed by atoms with Crippen molar-refractivity contribution in [1.29, 1.82) is 0 Å². The Balaban J connectivity index is 2.01. The van der Waals surface area contributed by atoms with E-state index in [0.29, 0.717) is 5.92 Å². The van der Waals surface area contributed by atoms with Crippen molar-refractivity contribution in [2.24, 2.45) is 11.7 Å². The molecule has 0 saturated carbocycles. The molecule has 0 bridgehead atoms. The molecule has 0 saturated heterocycles. The predicted molar refractivity (Wildman–Crippen MR) is 82.0 cm³/mol. The molecule has 0 fully saturated rings. The molecule has 1 aromatic carbocycles. The van der Waals surface area contributed by atoms with Gasteiger partial charge >= 0.3 is 0 Å². The van der Waals surface area contributed by atoms with Crippen molar-refractivity contribution < 1.29 is 0 Å². The first kappa shape index (κ1) is 14.0. The highest BCUT2D eigenvalue weighted by Crippen LogP contribution is 2.34. The van der Waals surface area contributed by atoms with Gasteiger partial charge in [0.15, 0.2) is 0 Å². The number of aryl methyl sites for hydroxylation is 1. The molecule has 100 valence electrons. The van der Waals surface area contributed by atoms with Gasteiger partial charge in [0.1, 0.15) is 0 Å². The Bertz CT molecular complexity index is 375. The Kier molecular flexibility index (Phi) is 5.13. The van der Waals surface area contributed by atoms with Crippen LogP contribution >= 0.6 is 11.8 Å². The molecule has 1 nitrogen and oxygen atoms in total. The van der Waals surface area contributed by atoms with Crippen LogP contribution in [-0.2, 0) is 6.42 Å². The molecule has 0 spiro atoms. The molecule has 2 N–H and O–H groups in total. The molecule has 1 aliphatic carbocycles. The van der Waals surface area contributed by atoms with Gasteiger partial charge in [0.25, 0.3) is 0 Å². The van der Waals surface area contributed by atoms with Crippen LogP contribution < -0.4 is 5.73 Å². The fourth-order valence-electron chi connectivity index (χ4n) is 2.85. The Hall–Kier alpha value is -0.470. The second-order valence-corrected chi connectivity index (χ2v) is 7.27. The maximum atomic E-state index is 6.50. The molecule has 18 heavy (non-hydrogen) atoms. The van der Waals surface area contributed by atoms with Crippen LogP contribution in [0.4, 0.5) is 0 Å². The summed E-state index contributed by atoms with van der Waals surface area (Å²) >= 11 is 2.06. The number of nitrogens with two attached hydrogens (primary N) is 1. The monoisotopic (exact) mass is 263 g/mol. The zero-order valence-corrected chi connectivity index (χ0v) is 12.4. The summed E-state index contributed by atoms with van der Waals surface area (Å²) in [5.41, 5.74) is 9.37. The van der Waals surface area contributed by atoms with E-state index in [1.54, 1.807) is 0 Å². The smallest absolute Gasteiger partial charge is 0.0326 e. The van der Waals surface area contributed by atoms with Crippen molar-refractivity contribution >= 4 is 11.8 Å². The van der Waals surface area contributed by atoms with E-state index >= 15 is 0 Å². The molecule has 0 aliphatic heterocycles. The summed E-state index contributed by atoms with van der Waals surface area (Å²) in [6.07, 6.45) is 5.05. The van der Waals surface area contributed by atoms with Crippen LogP contribution in [0.15, 0.2) is 24.3 Å². The standard InChI is InChI=1S/C16H25NS/c1-12(2)18-11-10-14-8-5-7-13-6-3-4-9-15(13)16(14)17/h3-4,6,9,12,14,16H,5,7-8,10-11,17H2,1-2H3. The number of fused-ring (bicyclic) bond motifs is 1. The average molecular weight is 263 g/mol. The van der Waals surface area contributed by atoms with Gasteiger partial charge in [-0.15, -0.1) is 0 Å². The summed E-state index contributed by atoms with van der Waals surface area (Å²) < 4.78 is 0. The number of hydrogen-bond acceptors (Lipinski definition) is 2. The van der Waals surface area contributed by atoms with E-state index < -0.39 is 0 Å². The third kappa shape index (κ3) is 3.52. The lowest BCUT2D eigenvalue weighted by Crippen LogP contribution is -2.21. The van der Waals surface area contributed by atoms with Crippen molar-refractivity contribution in [3.63, 3.8) is 0 Å². The zero-order valence-electron chi connectivity index (χ0n) is 11.6. The molecule has 2 unspecified atom stereocenters. The Labute approximate surface area is 116 Å². The van der Waals surface area contributed by atoms with Crippen LogP contribution in [0.3, 0.4) is 0 Å². The quantitative estimate of drug-likeness (QED) is 0.825. The van der Waals surface area contributed by atoms with Gasteiger partial charge in [0.05, 0.1) is 0 Å². The molecule has 0 heterocycles. The maximum absolute atomic E-state index is 6.50. The first-order valence-corrected chi connectivity index (χ1v) is 8.18. The normalized spacial score (nSPS) is 23.8. The summed E-state index contributed by atoms with van der Waals surface area (Å²) in [6.45, 7) is 4.54. The van der Waals surface area contributed by atoms with Gasteiger partial charge in [0, 0.05) is 6.04 Å². The zero-order chi connectivity index (χ0) is 13.0. The van der Waals surface area contributed by atoms with Crippen LogP contribution in [0.25, 0.3) is 0 Å². The van der Waals surface area contributed by atoms with Crippen LogP contribution in [-0.4, -0.2) is 11.0 Å². The molecule has 2 rings (SSSR count). The topological polar surface area (TPSA) is 26.0 Å². The second kappa shape index (κ2) is 6.63. The minimum absolute atomic E-state index is 0.247. The van der Waals surface area contributed by atoms with Crippen LogP contribution in [0.5, 0.6) is 0 Å². The maximum Gasteiger partial charge on any atom is 0.0326 e. The molecule has 0 amide bonds. The van der Waals surface area contributed by atoms with Crippen LogP contribution in [0.1, 0.15) is 50.3 Å². The molecule has 2 atom stereocenters. The van der Waals surface area contributed by atoms with Gasteiger partial charge in [-0.25, -0.2) is 0 Å². The summed E-state index contributed by atoms with van der Waals surface area (Å²) in [6, 6.07) is 9.00. The summed E-state index contributed by atoms with van der Waals surface area (Å²) in [4.78, 5) is 0. The molecular weight excluding hydrogens is 238 g/mol. The van der Waals surface area contributed by atoms with Crippen LogP contribution in [0, 0.1) is 5.92 Å². The SMILES string of the molecule is CC(C)SCCC1CCCc2ccccc2C1N. The second-order valence-electron chi connectivity index (χ2n) is 5.59. The summed E-state index contributed by atoms with van der Waals surface area (Å²) in [5.74, 6) is 1.91. The van der Waals surface area contributed by atoms with Crippen LogP contribution in [0.2, 0.25) is 0 Å². The molecule has 1 aromatic rings. The largest absolute Gasteiger partial charge is 0.324 e. The van der Waals surface area contributed by atoms with E-state index in [1.807, 2.05) is 0 Å². The summed E-state index contributed by atoms with van der Waals surface area (Å²) in [5, 5.41) is 0.735. The van der Waals surface area contributed by atoms with E-state index in [0.717, 1.165) is 5.25 Å². The van der Waals surface area contributed by atoms with Crippen molar-refractivity contribution in [2.45, 2.75) is 50.8 Å². The first-order chi connectivity index (χ1) is 8.68. The highest BCUT2D eigenvalue weighted by molar-refractivity contribution is 7.99. The molecule has 0 radical (unpaired) electrons. The van der Waals surface area contributed by atoms with E-state index in [-0.39, 0.29) is 6.04 Å². The Morgan fingerprint density at radius 1 is 1.33 bits per heavy atom. The van der Waals surface area contributed by atoms with Gasteiger partial charge < -0.3 is 5.73 Å². The van der Waals surface area contributed by atoms with Gasteiger partial charge in [-0.2, -0.15) is 11.8 Å². The van der Waals surface area contributed by atoms with Crippen molar-refractivity contribution in [1.82, 2.24) is 0 Å². The highest BCUT2D eigenvalue weighted by Gasteiger charge is 2.24. The third-order valence-electron chi connectivity index (χ3n) is 3.88. The lowest BCUT2D eigenvalue weighted by atomic mass is 9.89. The summed E-state index contributed by atoms with van der Waals surface area (Å²) in [7, 11) is 0. The van der Waals surface area contributed by atoms with Gasteiger partial charge in [0.2, 0.25) is 0 Å². The molecule has 2 heteroatoms. The van der Waals surface area contributed by atoms with Crippen molar-refractivity contribution in [3.8, 4) is 0 Å². The number of benzene rings is 1.